The Balaban J connectivity index is 2.39. The summed E-state index contributed by atoms with van der Waals surface area (Å²) < 4.78 is 32.2. The van der Waals surface area contributed by atoms with E-state index in [0.717, 1.165) is 12.8 Å². The molecule has 96 valence electrons. The lowest BCUT2D eigenvalue weighted by atomic mass is 10.00. The number of rotatable bonds is 6. The van der Waals surface area contributed by atoms with Crippen LogP contribution in [0.3, 0.4) is 0 Å². The summed E-state index contributed by atoms with van der Waals surface area (Å²) >= 11 is 0. The van der Waals surface area contributed by atoms with Gasteiger partial charge in [-0.3, -0.25) is 0 Å². The van der Waals surface area contributed by atoms with Crippen LogP contribution in [0.1, 0.15) is 12.8 Å². The fraction of sp³-hybridized carbons (Fsp3) is 1.00. The third-order valence-corrected chi connectivity index (χ3v) is 4.38. The van der Waals surface area contributed by atoms with E-state index in [0.29, 0.717) is 26.2 Å². The predicted molar refractivity (Wildman–Crippen MR) is 60.2 cm³/mol. The van der Waals surface area contributed by atoms with Gasteiger partial charge in [-0.1, -0.05) is 0 Å². The highest BCUT2D eigenvalue weighted by Gasteiger charge is 2.26. The van der Waals surface area contributed by atoms with Gasteiger partial charge in [0.05, 0.1) is 6.61 Å². The van der Waals surface area contributed by atoms with Crippen molar-refractivity contribution < 1.29 is 18.3 Å². The molecule has 7 heteroatoms. The molecule has 0 aromatic heterocycles. The van der Waals surface area contributed by atoms with Gasteiger partial charge in [-0.15, -0.1) is 0 Å². The quantitative estimate of drug-likeness (QED) is 0.605. The Kier molecular flexibility index (Phi) is 5.63. The summed E-state index contributed by atoms with van der Waals surface area (Å²) in [6.45, 7) is 1.76. The van der Waals surface area contributed by atoms with Crippen LogP contribution in [0.5, 0.6) is 0 Å². The minimum Gasteiger partial charge on any atom is -0.396 e. The minimum atomic E-state index is -3.37. The summed E-state index contributed by atoms with van der Waals surface area (Å²) in [6, 6.07) is 0. The van der Waals surface area contributed by atoms with Crippen molar-refractivity contribution in [3.8, 4) is 0 Å². The summed E-state index contributed by atoms with van der Waals surface area (Å²) in [5.41, 5.74) is 0. The molecule has 16 heavy (non-hydrogen) atoms. The monoisotopic (exact) mass is 252 g/mol. The summed E-state index contributed by atoms with van der Waals surface area (Å²) in [7, 11) is -1.84. The first-order chi connectivity index (χ1) is 7.60. The number of hydrogen-bond donors (Lipinski definition) is 2. The first-order valence-electron chi connectivity index (χ1n) is 5.44. The average Bonchev–Trinajstić information content (AvgIpc) is 2.29. The fourth-order valence-corrected chi connectivity index (χ4v) is 2.91. The normalized spacial score (nSPS) is 20.1. The zero-order valence-corrected chi connectivity index (χ0v) is 10.4. The Bertz CT molecular complexity index is 286. The van der Waals surface area contributed by atoms with Crippen molar-refractivity contribution in [2.24, 2.45) is 5.92 Å². The highest BCUT2D eigenvalue weighted by Crippen LogP contribution is 2.17. The highest BCUT2D eigenvalue weighted by atomic mass is 32.2. The Morgan fingerprint density at radius 2 is 2.06 bits per heavy atom. The van der Waals surface area contributed by atoms with Crippen molar-refractivity contribution in [2.75, 3.05) is 40.0 Å². The van der Waals surface area contributed by atoms with Crippen molar-refractivity contribution >= 4 is 10.2 Å². The molecule has 0 aliphatic carbocycles. The van der Waals surface area contributed by atoms with Gasteiger partial charge in [0.25, 0.3) is 10.2 Å². The molecule has 1 rings (SSSR count). The molecule has 0 unspecified atom stereocenters. The minimum absolute atomic E-state index is 0.144. The van der Waals surface area contributed by atoms with Crippen molar-refractivity contribution in [2.45, 2.75) is 12.8 Å². The van der Waals surface area contributed by atoms with Crippen LogP contribution < -0.4 is 4.72 Å². The van der Waals surface area contributed by atoms with E-state index < -0.39 is 10.2 Å². The maximum Gasteiger partial charge on any atom is 0.279 e. The number of nitrogens with one attached hydrogen (secondary N) is 1. The molecule has 0 aromatic carbocycles. The molecule has 0 bridgehead atoms. The van der Waals surface area contributed by atoms with Gasteiger partial charge in [-0.2, -0.15) is 17.4 Å². The second kappa shape index (κ2) is 6.51. The fourth-order valence-electron chi connectivity index (χ4n) is 1.70. The molecular weight excluding hydrogens is 232 g/mol. The van der Waals surface area contributed by atoms with Gasteiger partial charge >= 0.3 is 0 Å². The second-order valence-electron chi connectivity index (χ2n) is 3.92. The molecule has 0 spiro atoms. The van der Waals surface area contributed by atoms with Gasteiger partial charge in [-0.25, -0.2) is 0 Å². The summed E-state index contributed by atoms with van der Waals surface area (Å²) in [5.74, 6) is 0.241. The summed E-state index contributed by atoms with van der Waals surface area (Å²) in [5, 5.41) is 8.95. The van der Waals surface area contributed by atoms with Crippen LogP contribution in [0.4, 0.5) is 0 Å². The standard InChI is InChI=1S/C9H20N2O4S/c1-15-7-4-10-16(13,14)11-5-2-9(8-12)3-6-11/h9-10,12H,2-8H2,1H3. The zero-order chi connectivity index (χ0) is 12.0. The van der Waals surface area contributed by atoms with E-state index in [1.54, 1.807) is 0 Å². The predicted octanol–water partition coefficient (Wildman–Crippen LogP) is -0.828. The molecule has 1 saturated heterocycles. The van der Waals surface area contributed by atoms with E-state index in [-0.39, 0.29) is 12.5 Å². The van der Waals surface area contributed by atoms with E-state index in [1.807, 2.05) is 0 Å². The van der Waals surface area contributed by atoms with Gasteiger partial charge in [0, 0.05) is 33.4 Å². The molecule has 2 N–H and O–H groups in total. The molecular formula is C9H20N2O4S. The Hall–Kier alpha value is -0.210. The van der Waals surface area contributed by atoms with Crippen molar-refractivity contribution in [3.05, 3.63) is 0 Å². The van der Waals surface area contributed by atoms with E-state index in [2.05, 4.69) is 4.72 Å². The average molecular weight is 252 g/mol. The molecule has 0 atom stereocenters. The van der Waals surface area contributed by atoms with Gasteiger partial charge in [0.2, 0.25) is 0 Å². The molecule has 1 fully saturated rings. The van der Waals surface area contributed by atoms with Crippen LogP contribution in [-0.2, 0) is 14.9 Å². The SMILES string of the molecule is COCCNS(=O)(=O)N1CCC(CO)CC1. The van der Waals surface area contributed by atoms with Gasteiger partial charge in [0.1, 0.15) is 0 Å². The van der Waals surface area contributed by atoms with Crippen LogP contribution in [0.25, 0.3) is 0 Å². The zero-order valence-electron chi connectivity index (χ0n) is 9.55. The third-order valence-electron chi connectivity index (χ3n) is 2.76. The lowest BCUT2D eigenvalue weighted by molar-refractivity contribution is 0.168. The third kappa shape index (κ3) is 3.99. The van der Waals surface area contributed by atoms with Crippen molar-refractivity contribution in [3.63, 3.8) is 0 Å². The van der Waals surface area contributed by atoms with Gasteiger partial charge in [-0.05, 0) is 18.8 Å². The van der Waals surface area contributed by atoms with Gasteiger partial charge in [0.15, 0.2) is 0 Å². The number of ether oxygens (including phenoxy) is 1. The number of aliphatic hydroxyl groups is 1. The van der Waals surface area contributed by atoms with Crippen LogP contribution in [-0.4, -0.2) is 57.8 Å². The maximum atomic E-state index is 11.8. The lowest BCUT2D eigenvalue weighted by Gasteiger charge is -2.30. The number of methoxy groups -OCH3 is 1. The number of hydrogen-bond acceptors (Lipinski definition) is 4. The largest absolute Gasteiger partial charge is 0.396 e. The maximum absolute atomic E-state index is 11.8. The first-order valence-corrected chi connectivity index (χ1v) is 6.88. The van der Waals surface area contributed by atoms with Gasteiger partial charge < -0.3 is 9.84 Å². The lowest BCUT2D eigenvalue weighted by Crippen LogP contribution is -2.46. The Morgan fingerprint density at radius 1 is 1.44 bits per heavy atom. The molecule has 1 aliphatic rings. The highest BCUT2D eigenvalue weighted by molar-refractivity contribution is 7.87. The molecule has 0 amide bonds. The molecule has 0 saturated carbocycles. The first kappa shape index (κ1) is 13.9. The number of aliphatic hydroxyl groups excluding tert-OH is 1. The smallest absolute Gasteiger partial charge is 0.279 e. The molecule has 1 aliphatic heterocycles. The molecule has 0 aromatic rings. The summed E-state index contributed by atoms with van der Waals surface area (Å²) in [4.78, 5) is 0. The van der Waals surface area contributed by atoms with Crippen molar-refractivity contribution in [1.29, 1.82) is 0 Å². The number of piperidine rings is 1. The Morgan fingerprint density at radius 3 is 2.56 bits per heavy atom. The molecule has 1 heterocycles. The van der Waals surface area contributed by atoms with E-state index >= 15 is 0 Å². The molecule has 6 nitrogen and oxygen atoms in total. The van der Waals surface area contributed by atoms with Crippen LogP contribution in [0.15, 0.2) is 0 Å². The van der Waals surface area contributed by atoms with Crippen LogP contribution in [0, 0.1) is 5.92 Å². The van der Waals surface area contributed by atoms with E-state index in [4.69, 9.17) is 9.84 Å². The van der Waals surface area contributed by atoms with Crippen LogP contribution >= 0.6 is 0 Å². The summed E-state index contributed by atoms with van der Waals surface area (Å²) in [6.07, 6.45) is 1.45. The van der Waals surface area contributed by atoms with E-state index in [9.17, 15) is 8.42 Å². The number of nitrogens with zero attached hydrogens (tertiary/aromatic N) is 1. The van der Waals surface area contributed by atoms with E-state index in [1.165, 1.54) is 11.4 Å². The topological polar surface area (TPSA) is 78.9 Å². The van der Waals surface area contributed by atoms with Crippen molar-refractivity contribution in [1.82, 2.24) is 9.03 Å². The second-order valence-corrected chi connectivity index (χ2v) is 5.67. The van der Waals surface area contributed by atoms with Crippen LogP contribution in [0.2, 0.25) is 0 Å². The Labute approximate surface area is 96.8 Å². The molecule has 0 radical (unpaired) electrons.